The van der Waals surface area contributed by atoms with Gasteiger partial charge in [0.25, 0.3) is 5.91 Å². The van der Waals surface area contributed by atoms with Gasteiger partial charge in [-0.25, -0.2) is 4.39 Å². The first-order chi connectivity index (χ1) is 11.0. The summed E-state index contributed by atoms with van der Waals surface area (Å²) >= 11 is 1.39. The quantitative estimate of drug-likeness (QED) is 0.937. The number of hydrogen-bond acceptors (Lipinski definition) is 4. The molecule has 1 aromatic carbocycles. The van der Waals surface area contributed by atoms with Crippen LogP contribution in [-0.4, -0.2) is 16.1 Å². The van der Waals surface area contributed by atoms with Crippen LogP contribution in [0.25, 0.3) is 0 Å². The molecule has 0 radical (unpaired) electrons. The van der Waals surface area contributed by atoms with Gasteiger partial charge in [-0.05, 0) is 49.2 Å². The first-order valence-electron chi connectivity index (χ1n) is 7.24. The Kier molecular flexibility index (Phi) is 4.17. The molecule has 0 bridgehead atoms. The molecule has 2 heterocycles. The van der Waals surface area contributed by atoms with E-state index < -0.39 is 4.75 Å². The molecule has 0 fully saturated rings. The van der Waals surface area contributed by atoms with Crippen LogP contribution in [0.4, 0.5) is 4.39 Å². The molecule has 118 valence electrons. The van der Waals surface area contributed by atoms with E-state index in [1.165, 1.54) is 23.9 Å². The molecule has 4 nitrogen and oxygen atoms in total. The zero-order valence-corrected chi connectivity index (χ0v) is 13.6. The second-order valence-electron chi connectivity index (χ2n) is 5.51. The van der Waals surface area contributed by atoms with Gasteiger partial charge in [-0.1, -0.05) is 23.9 Å². The molecule has 6 heteroatoms. The minimum atomic E-state index is -0.742. The first-order valence-corrected chi connectivity index (χ1v) is 8.05. The van der Waals surface area contributed by atoms with Crippen molar-refractivity contribution in [3.05, 3.63) is 65.7 Å². The number of aliphatic imine (C=N–C) groups is 1. The van der Waals surface area contributed by atoms with Crippen LogP contribution < -0.4 is 5.32 Å². The van der Waals surface area contributed by atoms with Crippen molar-refractivity contribution in [2.75, 3.05) is 0 Å². The maximum atomic E-state index is 13.0. The Morgan fingerprint density at radius 3 is 2.48 bits per heavy atom. The van der Waals surface area contributed by atoms with Gasteiger partial charge in [-0.3, -0.25) is 9.78 Å². The van der Waals surface area contributed by atoms with Crippen molar-refractivity contribution in [3.63, 3.8) is 0 Å². The molecule has 1 aliphatic rings. The molecule has 1 N–H and O–H groups in total. The van der Waals surface area contributed by atoms with Crippen LogP contribution in [0.2, 0.25) is 0 Å². The molecule has 3 rings (SSSR count). The minimum absolute atomic E-state index is 0.0746. The lowest BCUT2D eigenvalue weighted by Gasteiger charge is -2.21. The summed E-state index contributed by atoms with van der Waals surface area (Å²) in [6, 6.07) is 9.86. The molecule has 0 saturated heterocycles. The highest BCUT2D eigenvalue weighted by Gasteiger charge is 2.43. The lowest BCUT2D eigenvalue weighted by molar-refractivity contribution is -0.119. The van der Waals surface area contributed by atoms with Crippen molar-refractivity contribution in [1.29, 1.82) is 0 Å². The Morgan fingerprint density at radius 2 is 1.83 bits per heavy atom. The SMILES string of the molecule is CC(NC1=NC(=O)C(C)(c2ccncc2)S1)c1ccc(F)cc1. The Labute approximate surface area is 138 Å². The van der Waals surface area contributed by atoms with Crippen molar-refractivity contribution >= 4 is 22.8 Å². The summed E-state index contributed by atoms with van der Waals surface area (Å²) in [5.41, 5.74) is 1.80. The number of aromatic nitrogens is 1. The van der Waals surface area contributed by atoms with E-state index in [1.54, 1.807) is 24.5 Å². The number of amides is 1. The summed E-state index contributed by atoms with van der Waals surface area (Å²) < 4.78 is 12.3. The fourth-order valence-corrected chi connectivity index (χ4v) is 3.53. The van der Waals surface area contributed by atoms with Crippen LogP contribution in [0.1, 0.15) is 31.0 Å². The summed E-state index contributed by atoms with van der Waals surface area (Å²) in [6.07, 6.45) is 3.34. The third kappa shape index (κ3) is 3.12. The van der Waals surface area contributed by atoms with Gasteiger partial charge in [-0.15, -0.1) is 0 Å². The number of hydrogen-bond donors (Lipinski definition) is 1. The van der Waals surface area contributed by atoms with Gasteiger partial charge >= 0.3 is 0 Å². The maximum Gasteiger partial charge on any atom is 0.268 e. The molecule has 1 aromatic heterocycles. The highest BCUT2D eigenvalue weighted by atomic mass is 32.2. The average Bonchev–Trinajstić information content (AvgIpc) is 2.84. The molecule has 2 atom stereocenters. The molecule has 0 spiro atoms. The van der Waals surface area contributed by atoms with Crippen LogP contribution in [-0.2, 0) is 9.54 Å². The van der Waals surface area contributed by atoms with Crippen molar-refractivity contribution in [2.24, 2.45) is 4.99 Å². The van der Waals surface area contributed by atoms with Crippen LogP contribution in [0.15, 0.2) is 53.8 Å². The number of carbonyl (C=O) groups excluding carboxylic acids is 1. The zero-order valence-electron chi connectivity index (χ0n) is 12.8. The van der Waals surface area contributed by atoms with E-state index in [4.69, 9.17) is 0 Å². The Morgan fingerprint density at radius 1 is 1.17 bits per heavy atom. The van der Waals surface area contributed by atoms with E-state index in [0.717, 1.165) is 11.1 Å². The number of thioether (sulfide) groups is 1. The number of rotatable bonds is 3. The molecule has 0 saturated carbocycles. The van der Waals surface area contributed by atoms with Crippen LogP contribution in [0, 0.1) is 5.82 Å². The van der Waals surface area contributed by atoms with Crippen LogP contribution >= 0.6 is 11.8 Å². The number of nitrogens with one attached hydrogen (secondary N) is 1. The molecular formula is C17H16FN3OS. The predicted octanol–water partition coefficient (Wildman–Crippen LogP) is 3.42. The number of carbonyl (C=O) groups is 1. The van der Waals surface area contributed by atoms with Crippen LogP contribution in [0.5, 0.6) is 0 Å². The molecule has 2 aromatic rings. The molecule has 1 aliphatic heterocycles. The van der Waals surface area contributed by atoms with Crippen molar-refractivity contribution < 1.29 is 9.18 Å². The number of benzene rings is 1. The fourth-order valence-electron chi connectivity index (χ4n) is 2.39. The largest absolute Gasteiger partial charge is 0.358 e. The van der Waals surface area contributed by atoms with E-state index in [1.807, 2.05) is 26.0 Å². The van der Waals surface area contributed by atoms with Crippen molar-refractivity contribution in [1.82, 2.24) is 10.3 Å². The summed E-state index contributed by atoms with van der Waals surface area (Å²) in [5, 5.41) is 3.80. The molecule has 0 aliphatic carbocycles. The standard InChI is InChI=1S/C17H16FN3OS/c1-11(12-3-5-14(18)6-4-12)20-16-21-15(22)17(2,23-16)13-7-9-19-10-8-13/h3-11H,1-2H3,(H,20,21,22). The summed E-state index contributed by atoms with van der Waals surface area (Å²) in [7, 11) is 0. The third-order valence-corrected chi connectivity index (χ3v) is 5.07. The molecule has 2 unspecified atom stereocenters. The normalized spacial score (nSPS) is 21.9. The Balaban J connectivity index is 1.74. The van der Waals surface area contributed by atoms with Crippen LogP contribution in [0.3, 0.4) is 0 Å². The maximum absolute atomic E-state index is 13.0. The van der Waals surface area contributed by atoms with E-state index in [0.29, 0.717) is 5.17 Å². The highest BCUT2D eigenvalue weighted by Crippen LogP contribution is 2.42. The second kappa shape index (κ2) is 6.12. The number of pyridine rings is 1. The molecule has 1 amide bonds. The summed E-state index contributed by atoms with van der Waals surface area (Å²) in [6.45, 7) is 3.80. The number of halogens is 1. The lowest BCUT2D eigenvalue weighted by Crippen LogP contribution is -2.26. The lowest BCUT2D eigenvalue weighted by atomic mass is 10.0. The summed E-state index contributed by atoms with van der Waals surface area (Å²) in [5.74, 6) is -0.462. The Bertz CT molecular complexity index is 748. The van der Waals surface area contributed by atoms with Gasteiger partial charge in [0.15, 0.2) is 5.17 Å². The second-order valence-corrected chi connectivity index (χ2v) is 6.92. The smallest absolute Gasteiger partial charge is 0.268 e. The van der Waals surface area contributed by atoms with Crippen molar-refractivity contribution in [2.45, 2.75) is 24.6 Å². The van der Waals surface area contributed by atoms with E-state index in [2.05, 4.69) is 15.3 Å². The zero-order chi connectivity index (χ0) is 16.4. The topological polar surface area (TPSA) is 54.4 Å². The molecular weight excluding hydrogens is 313 g/mol. The highest BCUT2D eigenvalue weighted by molar-refractivity contribution is 8.15. The van der Waals surface area contributed by atoms with E-state index in [-0.39, 0.29) is 17.8 Å². The minimum Gasteiger partial charge on any atom is -0.358 e. The Hall–Kier alpha value is -2.21. The predicted molar refractivity (Wildman–Crippen MR) is 89.6 cm³/mol. The van der Waals surface area contributed by atoms with Crippen molar-refractivity contribution in [3.8, 4) is 0 Å². The fraction of sp³-hybridized carbons (Fsp3) is 0.235. The first kappa shape index (κ1) is 15.7. The third-order valence-electron chi connectivity index (χ3n) is 3.85. The average molecular weight is 329 g/mol. The van der Waals surface area contributed by atoms with E-state index >= 15 is 0 Å². The number of nitrogens with zero attached hydrogens (tertiary/aromatic N) is 2. The van der Waals surface area contributed by atoms with E-state index in [9.17, 15) is 9.18 Å². The van der Waals surface area contributed by atoms with Gasteiger partial charge in [-0.2, -0.15) is 4.99 Å². The molecule has 23 heavy (non-hydrogen) atoms. The van der Waals surface area contributed by atoms with Gasteiger partial charge in [0.2, 0.25) is 0 Å². The number of amidine groups is 1. The van der Waals surface area contributed by atoms with Gasteiger partial charge in [0.1, 0.15) is 10.6 Å². The van der Waals surface area contributed by atoms with Gasteiger partial charge < -0.3 is 5.32 Å². The van der Waals surface area contributed by atoms with Gasteiger partial charge in [0.05, 0.1) is 6.04 Å². The monoisotopic (exact) mass is 329 g/mol. The summed E-state index contributed by atoms with van der Waals surface area (Å²) in [4.78, 5) is 20.5. The van der Waals surface area contributed by atoms with Gasteiger partial charge in [0, 0.05) is 12.4 Å².